The molecular formula is C26H40N4O. The summed E-state index contributed by atoms with van der Waals surface area (Å²) in [7, 11) is 2.12. The zero-order valence-electron chi connectivity index (χ0n) is 20.1. The molecule has 2 aliphatic heterocycles. The molecule has 0 radical (unpaired) electrons. The number of amides is 1. The first-order chi connectivity index (χ1) is 14.8. The molecular weight excluding hydrogens is 384 g/mol. The van der Waals surface area contributed by atoms with Crippen molar-refractivity contribution >= 4 is 16.8 Å². The summed E-state index contributed by atoms with van der Waals surface area (Å²) >= 11 is 0. The summed E-state index contributed by atoms with van der Waals surface area (Å²) in [6.07, 6.45) is 4.77. The van der Waals surface area contributed by atoms with E-state index >= 15 is 0 Å². The van der Waals surface area contributed by atoms with E-state index in [0.717, 1.165) is 37.7 Å². The molecule has 1 amide bonds. The lowest BCUT2D eigenvalue weighted by molar-refractivity contribution is 0.0595. The van der Waals surface area contributed by atoms with Gasteiger partial charge in [0.1, 0.15) is 0 Å². The van der Waals surface area contributed by atoms with Gasteiger partial charge >= 0.3 is 0 Å². The minimum Gasteiger partial charge on any atom is -0.350 e. The second kappa shape index (κ2) is 9.33. The Morgan fingerprint density at radius 1 is 1.00 bits per heavy atom. The van der Waals surface area contributed by atoms with E-state index in [1.165, 1.54) is 48.9 Å². The van der Waals surface area contributed by atoms with Crippen molar-refractivity contribution in [2.45, 2.75) is 52.5 Å². The van der Waals surface area contributed by atoms with Crippen LogP contribution in [-0.4, -0.2) is 77.0 Å². The maximum Gasteiger partial charge on any atom is 0.254 e. The molecule has 170 valence electrons. The topological polar surface area (TPSA) is 31.7 Å². The Kier molecular flexibility index (Phi) is 6.73. The summed E-state index contributed by atoms with van der Waals surface area (Å²) < 4.78 is 2.22. The van der Waals surface area contributed by atoms with Crippen LogP contribution in [0.25, 0.3) is 10.9 Å². The van der Waals surface area contributed by atoms with Crippen molar-refractivity contribution < 1.29 is 4.79 Å². The van der Waals surface area contributed by atoms with Gasteiger partial charge in [0.05, 0.1) is 0 Å². The van der Waals surface area contributed by atoms with Crippen LogP contribution >= 0.6 is 0 Å². The smallest absolute Gasteiger partial charge is 0.254 e. The van der Waals surface area contributed by atoms with Crippen molar-refractivity contribution in [1.29, 1.82) is 0 Å². The third-order valence-electron chi connectivity index (χ3n) is 7.25. The largest absolute Gasteiger partial charge is 0.350 e. The molecule has 0 atom stereocenters. The van der Waals surface area contributed by atoms with Crippen LogP contribution in [0.15, 0.2) is 24.4 Å². The van der Waals surface area contributed by atoms with Crippen molar-refractivity contribution in [2.75, 3.05) is 45.8 Å². The molecule has 2 saturated heterocycles. The predicted molar refractivity (Wildman–Crippen MR) is 129 cm³/mol. The maximum absolute atomic E-state index is 13.2. The standard InChI is InChI=1S/C26H40N4O/c1-19(2)17-28-10-8-21(9-11-28)24-18-27(5)25-16-22(6-7-23(24)25)26(31)30-14-12-29(13-15-30)20(3)4/h6-7,16,18-21H,8-15,17H2,1-5H3. The quantitative estimate of drug-likeness (QED) is 0.722. The molecule has 5 nitrogen and oxygen atoms in total. The highest BCUT2D eigenvalue weighted by Crippen LogP contribution is 2.35. The van der Waals surface area contributed by atoms with Gasteiger partial charge in [-0.05, 0) is 69.3 Å². The molecule has 0 N–H and O–H groups in total. The van der Waals surface area contributed by atoms with Gasteiger partial charge in [0.2, 0.25) is 0 Å². The molecule has 0 unspecified atom stereocenters. The number of nitrogens with zero attached hydrogens (tertiary/aromatic N) is 4. The Balaban J connectivity index is 1.47. The van der Waals surface area contributed by atoms with Crippen molar-refractivity contribution in [3.63, 3.8) is 0 Å². The summed E-state index contributed by atoms with van der Waals surface area (Å²) in [5, 5.41) is 1.32. The fourth-order valence-electron chi connectivity index (χ4n) is 5.44. The number of hydrogen-bond donors (Lipinski definition) is 0. The average molecular weight is 425 g/mol. The highest BCUT2D eigenvalue weighted by molar-refractivity contribution is 5.99. The second-order valence-electron chi connectivity index (χ2n) is 10.3. The molecule has 31 heavy (non-hydrogen) atoms. The van der Waals surface area contributed by atoms with E-state index in [0.29, 0.717) is 12.0 Å². The summed E-state index contributed by atoms with van der Waals surface area (Å²) in [5.41, 5.74) is 3.47. The normalized spacial score (nSPS) is 19.8. The van der Waals surface area contributed by atoms with E-state index in [1.807, 2.05) is 4.90 Å². The van der Waals surface area contributed by atoms with Gasteiger partial charge in [-0.15, -0.1) is 0 Å². The van der Waals surface area contributed by atoms with E-state index in [9.17, 15) is 4.79 Å². The number of rotatable bonds is 5. The molecule has 3 heterocycles. The van der Waals surface area contributed by atoms with E-state index in [1.54, 1.807) is 0 Å². The molecule has 2 aromatic rings. The number of carbonyl (C=O) groups is 1. The third kappa shape index (κ3) is 4.83. The fraction of sp³-hybridized carbons (Fsp3) is 0.654. The zero-order chi connectivity index (χ0) is 22.1. The number of likely N-dealkylation sites (tertiary alicyclic amines) is 1. The number of benzene rings is 1. The molecule has 0 saturated carbocycles. The number of piperidine rings is 1. The van der Waals surface area contributed by atoms with E-state index in [-0.39, 0.29) is 5.91 Å². The van der Waals surface area contributed by atoms with Crippen LogP contribution in [0.3, 0.4) is 0 Å². The third-order valence-corrected chi connectivity index (χ3v) is 7.25. The van der Waals surface area contributed by atoms with Gasteiger partial charge in [-0.3, -0.25) is 9.69 Å². The predicted octanol–water partition coefficient (Wildman–Crippen LogP) is 4.18. The average Bonchev–Trinajstić information content (AvgIpc) is 3.09. The Labute approximate surface area is 188 Å². The number of aryl methyl sites for hydroxylation is 1. The van der Waals surface area contributed by atoms with Gasteiger partial charge in [-0.1, -0.05) is 19.9 Å². The molecule has 2 aliphatic rings. The van der Waals surface area contributed by atoms with Gasteiger partial charge in [0.25, 0.3) is 5.91 Å². The molecule has 0 aliphatic carbocycles. The lowest BCUT2D eigenvalue weighted by Gasteiger charge is -2.37. The Hall–Kier alpha value is -1.85. The van der Waals surface area contributed by atoms with Crippen LogP contribution in [-0.2, 0) is 7.05 Å². The fourth-order valence-corrected chi connectivity index (χ4v) is 5.44. The van der Waals surface area contributed by atoms with Gasteiger partial charge in [0, 0.05) is 68.5 Å². The number of piperazine rings is 1. The van der Waals surface area contributed by atoms with Crippen LogP contribution < -0.4 is 0 Å². The second-order valence-corrected chi connectivity index (χ2v) is 10.3. The minimum atomic E-state index is 0.176. The maximum atomic E-state index is 13.2. The molecule has 1 aromatic heterocycles. The lowest BCUT2D eigenvalue weighted by atomic mass is 9.88. The van der Waals surface area contributed by atoms with Crippen molar-refractivity contribution in [1.82, 2.24) is 19.3 Å². The van der Waals surface area contributed by atoms with E-state index in [2.05, 4.69) is 73.5 Å². The Morgan fingerprint density at radius 3 is 2.29 bits per heavy atom. The van der Waals surface area contributed by atoms with Crippen LogP contribution in [0.4, 0.5) is 0 Å². The van der Waals surface area contributed by atoms with Gasteiger partial charge < -0.3 is 14.4 Å². The first-order valence-corrected chi connectivity index (χ1v) is 12.2. The molecule has 1 aromatic carbocycles. The SMILES string of the molecule is CC(C)CN1CCC(c2cn(C)c3cc(C(=O)N4CCN(C(C)C)CC4)ccc23)CC1. The van der Waals surface area contributed by atoms with Crippen LogP contribution in [0, 0.1) is 5.92 Å². The van der Waals surface area contributed by atoms with Gasteiger partial charge in [0.15, 0.2) is 0 Å². The summed E-state index contributed by atoms with van der Waals surface area (Å²) in [5.74, 6) is 1.53. The molecule has 5 heteroatoms. The zero-order valence-corrected chi connectivity index (χ0v) is 20.1. The van der Waals surface area contributed by atoms with Crippen LogP contribution in [0.2, 0.25) is 0 Å². The number of hydrogen-bond acceptors (Lipinski definition) is 3. The first-order valence-electron chi connectivity index (χ1n) is 12.2. The van der Waals surface area contributed by atoms with Gasteiger partial charge in [-0.2, -0.15) is 0 Å². The number of carbonyl (C=O) groups excluding carboxylic acids is 1. The highest BCUT2D eigenvalue weighted by Gasteiger charge is 2.26. The summed E-state index contributed by atoms with van der Waals surface area (Å²) in [6, 6.07) is 6.91. The summed E-state index contributed by atoms with van der Waals surface area (Å²) in [6.45, 7) is 16.2. The van der Waals surface area contributed by atoms with Gasteiger partial charge in [-0.25, -0.2) is 0 Å². The molecule has 0 spiro atoms. The highest BCUT2D eigenvalue weighted by atomic mass is 16.2. The van der Waals surface area contributed by atoms with Crippen LogP contribution in [0.1, 0.15) is 62.4 Å². The molecule has 2 fully saturated rings. The monoisotopic (exact) mass is 424 g/mol. The molecule has 0 bridgehead atoms. The van der Waals surface area contributed by atoms with Crippen molar-refractivity contribution in [3.8, 4) is 0 Å². The Bertz CT molecular complexity index is 900. The van der Waals surface area contributed by atoms with Crippen molar-refractivity contribution in [2.24, 2.45) is 13.0 Å². The van der Waals surface area contributed by atoms with E-state index < -0.39 is 0 Å². The number of aromatic nitrogens is 1. The number of fused-ring (bicyclic) bond motifs is 1. The lowest BCUT2D eigenvalue weighted by Crippen LogP contribution is -2.50. The van der Waals surface area contributed by atoms with E-state index in [4.69, 9.17) is 0 Å². The minimum absolute atomic E-state index is 0.176. The first kappa shape index (κ1) is 22.3. The van der Waals surface area contributed by atoms with Crippen molar-refractivity contribution in [3.05, 3.63) is 35.5 Å². The van der Waals surface area contributed by atoms with Crippen LogP contribution in [0.5, 0.6) is 0 Å². The Morgan fingerprint density at radius 2 is 1.68 bits per heavy atom. The summed E-state index contributed by atoms with van der Waals surface area (Å²) in [4.78, 5) is 20.2. The molecule has 4 rings (SSSR count).